The number of aliphatic hydroxyl groups excluding tert-OH is 1. The van der Waals surface area contributed by atoms with Crippen molar-refractivity contribution in [2.75, 3.05) is 0 Å². The van der Waals surface area contributed by atoms with Gasteiger partial charge in [-0.15, -0.1) is 11.3 Å². The van der Waals surface area contributed by atoms with Gasteiger partial charge < -0.3 is 10.2 Å². The molecule has 1 aromatic heterocycles. The first kappa shape index (κ1) is 10.7. The number of aliphatic carboxylic acids is 1. The summed E-state index contributed by atoms with van der Waals surface area (Å²) in [5.74, 6) is -1.78. The van der Waals surface area contributed by atoms with Gasteiger partial charge in [0.1, 0.15) is 6.10 Å². The van der Waals surface area contributed by atoms with Crippen molar-refractivity contribution < 1.29 is 15.0 Å². The van der Waals surface area contributed by atoms with Crippen molar-refractivity contribution >= 4 is 33.2 Å². The molecule has 0 bridgehead atoms. The van der Waals surface area contributed by atoms with E-state index in [9.17, 15) is 9.90 Å². The molecule has 72 valence electrons. The topological polar surface area (TPSA) is 57.5 Å². The molecular formula is C8H9BrO3S. The van der Waals surface area contributed by atoms with Gasteiger partial charge in [0.15, 0.2) is 0 Å². The molecule has 3 nitrogen and oxygen atoms in total. The van der Waals surface area contributed by atoms with E-state index in [0.717, 1.165) is 4.47 Å². The highest BCUT2D eigenvalue weighted by atomic mass is 79.9. The van der Waals surface area contributed by atoms with Crippen molar-refractivity contribution in [3.63, 3.8) is 0 Å². The van der Waals surface area contributed by atoms with Crippen LogP contribution in [0.25, 0.3) is 0 Å². The van der Waals surface area contributed by atoms with Crippen molar-refractivity contribution in [1.82, 2.24) is 0 Å². The lowest BCUT2D eigenvalue weighted by Gasteiger charge is -2.13. The number of hydrogen-bond acceptors (Lipinski definition) is 3. The molecule has 0 saturated heterocycles. The third kappa shape index (κ3) is 2.30. The van der Waals surface area contributed by atoms with Gasteiger partial charge in [0.25, 0.3) is 0 Å². The largest absolute Gasteiger partial charge is 0.481 e. The van der Waals surface area contributed by atoms with Crippen LogP contribution in [0.5, 0.6) is 0 Å². The fraction of sp³-hybridized carbons (Fsp3) is 0.375. The first-order valence-corrected chi connectivity index (χ1v) is 5.35. The van der Waals surface area contributed by atoms with Gasteiger partial charge in [-0.1, -0.05) is 0 Å². The van der Waals surface area contributed by atoms with Crippen molar-refractivity contribution in [1.29, 1.82) is 0 Å². The number of thiophene rings is 1. The van der Waals surface area contributed by atoms with Gasteiger partial charge >= 0.3 is 5.97 Å². The lowest BCUT2D eigenvalue weighted by Crippen LogP contribution is -2.17. The Morgan fingerprint density at radius 3 is 2.69 bits per heavy atom. The Kier molecular flexibility index (Phi) is 3.47. The van der Waals surface area contributed by atoms with Crippen LogP contribution in [0.1, 0.15) is 17.9 Å². The molecule has 0 radical (unpaired) electrons. The summed E-state index contributed by atoms with van der Waals surface area (Å²) in [6.07, 6.45) is -0.938. The third-order valence-corrected chi connectivity index (χ3v) is 3.72. The molecule has 0 aliphatic carbocycles. The summed E-state index contributed by atoms with van der Waals surface area (Å²) in [6.45, 7) is 1.49. The van der Waals surface area contributed by atoms with Gasteiger partial charge in [0.05, 0.1) is 5.92 Å². The Hall–Kier alpha value is -0.390. The van der Waals surface area contributed by atoms with Crippen LogP contribution in [-0.2, 0) is 4.79 Å². The summed E-state index contributed by atoms with van der Waals surface area (Å²) in [5.41, 5.74) is 0. The Labute approximate surface area is 88.1 Å². The van der Waals surface area contributed by atoms with Crippen LogP contribution in [0.4, 0.5) is 0 Å². The smallest absolute Gasteiger partial charge is 0.309 e. The van der Waals surface area contributed by atoms with E-state index >= 15 is 0 Å². The van der Waals surface area contributed by atoms with Crippen LogP contribution in [0, 0.1) is 5.92 Å². The second-order valence-corrected chi connectivity index (χ2v) is 4.51. The number of carboxylic acids is 1. The summed E-state index contributed by atoms with van der Waals surface area (Å²) in [7, 11) is 0. The first-order valence-electron chi connectivity index (χ1n) is 3.67. The van der Waals surface area contributed by atoms with Gasteiger partial charge in [-0.25, -0.2) is 0 Å². The minimum absolute atomic E-state index is 0.662. The standard InChI is InChI=1S/C8H9BrO3S/c1-4(8(11)12)6(10)7-5(9)2-3-13-7/h2-4,6,10H,1H3,(H,11,12). The highest BCUT2D eigenvalue weighted by Crippen LogP contribution is 2.33. The van der Waals surface area contributed by atoms with Crippen molar-refractivity contribution in [2.24, 2.45) is 5.92 Å². The second-order valence-electron chi connectivity index (χ2n) is 2.70. The Balaban J connectivity index is 2.85. The molecule has 13 heavy (non-hydrogen) atoms. The average Bonchev–Trinajstić information content (AvgIpc) is 2.48. The van der Waals surface area contributed by atoms with Gasteiger partial charge in [-0.05, 0) is 34.3 Å². The van der Waals surface area contributed by atoms with E-state index in [1.54, 1.807) is 11.4 Å². The lowest BCUT2D eigenvalue weighted by atomic mass is 10.0. The van der Waals surface area contributed by atoms with Gasteiger partial charge in [-0.2, -0.15) is 0 Å². The molecule has 0 saturated carbocycles. The molecule has 2 N–H and O–H groups in total. The van der Waals surface area contributed by atoms with Gasteiger partial charge in [-0.3, -0.25) is 4.79 Å². The fourth-order valence-corrected chi connectivity index (χ4v) is 2.58. The SMILES string of the molecule is CC(C(=O)O)C(O)c1sccc1Br. The number of hydrogen-bond donors (Lipinski definition) is 2. The average molecular weight is 265 g/mol. The van der Waals surface area contributed by atoms with E-state index in [1.165, 1.54) is 18.3 Å². The van der Waals surface area contributed by atoms with E-state index in [4.69, 9.17) is 5.11 Å². The highest BCUT2D eigenvalue weighted by molar-refractivity contribution is 9.10. The van der Waals surface area contributed by atoms with Gasteiger partial charge in [0, 0.05) is 9.35 Å². The maximum absolute atomic E-state index is 10.6. The zero-order chi connectivity index (χ0) is 10.0. The van der Waals surface area contributed by atoms with Crippen LogP contribution in [0.15, 0.2) is 15.9 Å². The molecule has 0 aliphatic heterocycles. The quantitative estimate of drug-likeness (QED) is 0.881. The molecule has 1 heterocycles. The Morgan fingerprint density at radius 2 is 2.31 bits per heavy atom. The minimum atomic E-state index is -0.993. The summed E-state index contributed by atoms with van der Waals surface area (Å²) in [6, 6.07) is 1.79. The Bertz CT molecular complexity index is 310. The predicted octanol–water partition coefficient (Wildman–Crippen LogP) is 2.26. The number of aliphatic hydroxyl groups is 1. The van der Waals surface area contributed by atoms with Crippen LogP contribution in [-0.4, -0.2) is 16.2 Å². The molecule has 1 rings (SSSR count). The minimum Gasteiger partial charge on any atom is -0.481 e. The molecular weight excluding hydrogens is 256 g/mol. The monoisotopic (exact) mass is 264 g/mol. The summed E-state index contributed by atoms with van der Waals surface area (Å²) >= 11 is 4.58. The van der Waals surface area contributed by atoms with Crippen LogP contribution in [0.2, 0.25) is 0 Å². The Morgan fingerprint density at radius 1 is 1.69 bits per heavy atom. The second kappa shape index (κ2) is 4.21. The predicted molar refractivity (Wildman–Crippen MR) is 53.8 cm³/mol. The first-order chi connectivity index (χ1) is 6.04. The molecule has 0 aromatic carbocycles. The number of halogens is 1. The molecule has 0 aliphatic rings. The molecule has 2 atom stereocenters. The lowest BCUT2D eigenvalue weighted by molar-refractivity contribution is -0.144. The van der Waals surface area contributed by atoms with Crippen molar-refractivity contribution in [3.05, 3.63) is 20.8 Å². The summed E-state index contributed by atoms with van der Waals surface area (Å²) in [5, 5.41) is 20.1. The van der Waals surface area contributed by atoms with E-state index in [1.807, 2.05) is 0 Å². The van der Waals surface area contributed by atoms with Crippen LogP contribution in [0.3, 0.4) is 0 Å². The van der Waals surface area contributed by atoms with Crippen molar-refractivity contribution in [2.45, 2.75) is 13.0 Å². The zero-order valence-corrected chi connectivity index (χ0v) is 9.30. The van der Waals surface area contributed by atoms with Crippen molar-refractivity contribution in [3.8, 4) is 0 Å². The van der Waals surface area contributed by atoms with E-state index in [-0.39, 0.29) is 0 Å². The number of rotatable bonds is 3. The van der Waals surface area contributed by atoms with E-state index in [0.29, 0.717) is 4.88 Å². The molecule has 2 unspecified atom stereocenters. The normalized spacial score (nSPS) is 15.3. The fourth-order valence-electron chi connectivity index (χ4n) is 0.879. The number of carboxylic acid groups (broad SMARTS) is 1. The number of carbonyl (C=O) groups is 1. The molecule has 1 aromatic rings. The van der Waals surface area contributed by atoms with E-state index < -0.39 is 18.0 Å². The highest BCUT2D eigenvalue weighted by Gasteiger charge is 2.25. The molecule has 5 heteroatoms. The zero-order valence-electron chi connectivity index (χ0n) is 6.90. The summed E-state index contributed by atoms with van der Waals surface area (Å²) in [4.78, 5) is 11.2. The summed E-state index contributed by atoms with van der Waals surface area (Å²) < 4.78 is 0.762. The molecule has 0 fully saturated rings. The van der Waals surface area contributed by atoms with E-state index in [2.05, 4.69) is 15.9 Å². The van der Waals surface area contributed by atoms with Crippen LogP contribution < -0.4 is 0 Å². The maximum Gasteiger partial charge on any atom is 0.309 e. The molecule has 0 spiro atoms. The third-order valence-electron chi connectivity index (χ3n) is 1.78. The van der Waals surface area contributed by atoms with Gasteiger partial charge in [0.2, 0.25) is 0 Å². The maximum atomic E-state index is 10.6. The van der Waals surface area contributed by atoms with Crippen LogP contribution >= 0.6 is 27.3 Å². The molecule has 0 amide bonds.